The first-order chi connectivity index (χ1) is 9.92. The summed E-state index contributed by atoms with van der Waals surface area (Å²) in [7, 11) is 0. The van der Waals surface area contributed by atoms with Crippen LogP contribution in [0.25, 0.3) is 5.57 Å². The van der Waals surface area contributed by atoms with Gasteiger partial charge in [-0.2, -0.15) is 0 Å². The smallest absolute Gasteiger partial charge is 0.0929 e. The normalized spacial score (nSPS) is 23.1. The first kappa shape index (κ1) is 17.5. The van der Waals surface area contributed by atoms with E-state index in [1.165, 1.54) is 16.7 Å². The van der Waals surface area contributed by atoms with Crippen LogP contribution < -0.4 is 0 Å². The Hall–Kier alpha value is -0.860. The van der Waals surface area contributed by atoms with E-state index in [9.17, 15) is 5.11 Å². The Kier molecular flexibility index (Phi) is 4.49. The summed E-state index contributed by atoms with van der Waals surface area (Å²) >= 11 is 3.58. The number of halogens is 1. The molecule has 120 valence electrons. The molecule has 0 aromatic heterocycles. The fourth-order valence-electron chi connectivity index (χ4n) is 2.68. The molecule has 1 nitrogen and oxygen atoms in total. The minimum absolute atomic E-state index is 0.124. The highest BCUT2D eigenvalue weighted by atomic mass is 79.9. The van der Waals surface area contributed by atoms with Crippen LogP contribution in [0.15, 0.2) is 40.9 Å². The Morgan fingerprint density at radius 1 is 1.09 bits per heavy atom. The molecule has 0 saturated carbocycles. The predicted molar refractivity (Wildman–Crippen MR) is 99.2 cm³/mol. The Morgan fingerprint density at radius 3 is 2.27 bits per heavy atom. The third-order valence-electron chi connectivity index (χ3n) is 4.55. The van der Waals surface area contributed by atoms with Crippen LogP contribution in [0, 0.1) is 5.41 Å². The van der Waals surface area contributed by atoms with Gasteiger partial charge >= 0.3 is 0 Å². The van der Waals surface area contributed by atoms with E-state index in [1.54, 1.807) is 0 Å². The van der Waals surface area contributed by atoms with Crippen molar-refractivity contribution >= 4 is 21.5 Å². The zero-order chi connectivity index (χ0) is 16.8. The highest BCUT2D eigenvalue weighted by Gasteiger charge is 2.40. The van der Waals surface area contributed by atoms with Gasteiger partial charge in [-0.1, -0.05) is 81.7 Å². The zero-order valence-electron chi connectivity index (χ0n) is 14.5. The quantitative estimate of drug-likeness (QED) is 0.666. The molecule has 1 aliphatic rings. The van der Waals surface area contributed by atoms with Crippen molar-refractivity contribution in [2.24, 2.45) is 5.41 Å². The molecule has 2 rings (SSSR count). The summed E-state index contributed by atoms with van der Waals surface area (Å²) in [6.45, 7) is 12.9. The van der Waals surface area contributed by atoms with E-state index in [4.69, 9.17) is 0 Å². The Bertz CT molecular complexity index is 626. The molecule has 0 radical (unpaired) electrons. The summed E-state index contributed by atoms with van der Waals surface area (Å²) < 4.78 is 0.951. The molecule has 1 atom stereocenters. The van der Waals surface area contributed by atoms with Gasteiger partial charge in [-0.3, -0.25) is 0 Å². The summed E-state index contributed by atoms with van der Waals surface area (Å²) in [6.07, 6.45) is 4.70. The van der Waals surface area contributed by atoms with E-state index < -0.39 is 5.60 Å². The van der Waals surface area contributed by atoms with E-state index in [1.807, 2.05) is 6.08 Å². The van der Waals surface area contributed by atoms with Crippen LogP contribution in [0.4, 0.5) is 0 Å². The first-order valence-corrected chi connectivity index (χ1v) is 8.64. The molecule has 0 saturated heterocycles. The van der Waals surface area contributed by atoms with Crippen LogP contribution in [0.3, 0.4) is 0 Å². The maximum Gasteiger partial charge on any atom is 0.0929 e. The Labute approximate surface area is 143 Å². The van der Waals surface area contributed by atoms with Gasteiger partial charge in [0.15, 0.2) is 0 Å². The highest BCUT2D eigenvalue weighted by molar-refractivity contribution is 9.11. The van der Waals surface area contributed by atoms with Crippen molar-refractivity contribution in [3.05, 3.63) is 52.0 Å². The molecule has 1 aromatic carbocycles. The topological polar surface area (TPSA) is 20.2 Å². The van der Waals surface area contributed by atoms with Crippen molar-refractivity contribution < 1.29 is 5.11 Å². The standard InChI is InChI=1S/C20H27BrO/c1-18(2,3)16-9-7-8-14(10-16)15-11-17(21)13-20(22,12-15)19(4,5)6/h7-11,13,22H,12H2,1-6H3. The zero-order valence-corrected chi connectivity index (χ0v) is 16.1. The minimum atomic E-state index is -0.840. The molecule has 0 spiro atoms. The third kappa shape index (κ3) is 3.55. The molecule has 0 aliphatic heterocycles. The molecule has 1 aromatic rings. The van der Waals surface area contributed by atoms with Gasteiger partial charge in [-0.15, -0.1) is 0 Å². The second-order valence-corrected chi connectivity index (χ2v) is 9.30. The minimum Gasteiger partial charge on any atom is -0.385 e. The second-order valence-electron chi connectivity index (χ2n) is 8.38. The lowest BCUT2D eigenvalue weighted by atomic mass is 9.70. The van der Waals surface area contributed by atoms with Gasteiger partial charge in [0.1, 0.15) is 0 Å². The number of hydrogen-bond acceptors (Lipinski definition) is 1. The maximum absolute atomic E-state index is 11.1. The Morgan fingerprint density at radius 2 is 1.73 bits per heavy atom. The van der Waals surface area contributed by atoms with Crippen LogP contribution in [0.2, 0.25) is 0 Å². The van der Waals surface area contributed by atoms with Gasteiger partial charge < -0.3 is 5.11 Å². The molecule has 0 fully saturated rings. The fraction of sp³-hybridized carbons (Fsp3) is 0.500. The van der Waals surface area contributed by atoms with Crippen molar-refractivity contribution in [2.75, 3.05) is 0 Å². The lowest BCUT2D eigenvalue weighted by Gasteiger charge is -2.41. The monoisotopic (exact) mass is 362 g/mol. The number of hydrogen-bond donors (Lipinski definition) is 1. The summed E-state index contributed by atoms with van der Waals surface area (Å²) in [6, 6.07) is 8.67. The highest BCUT2D eigenvalue weighted by Crippen LogP contribution is 2.44. The van der Waals surface area contributed by atoms with Crippen LogP contribution in [-0.2, 0) is 5.41 Å². The molecular weight excluding hydrogens is 336 g/mol. The van der Waals surface area contributed by atoms with Crippen LogP contribution in [-0.4, -0.2) is 10.7 Å². The molecule has 1 N–H and O–H groups in total. The van der Waals surface area contributed by atoms with Gasteiger partial charge in [-0.05, 0) is 39.7 Å². The summed E-state index contributed by atoms with van der Waals surface area (Å²) in [5, 5.41) is 11.1. The SMILES string of the molecule is CC(C)(C)c1cccc(C2=CC(Br)=CC(O)(C(C)(C)C)C2)c1. The Balaban J connectivity index is 2.44. The summed E-state index contributed by atoms with van der Waals surface area (Å²) in [5.41, 5.74) is 2.76. The van der Waals surface area contributed by atoms with Gasteiger partial charge in [0.05, 0.1) is 5.60 Å². The molecule has 0 amide bonds. The second kappa shape index (κ2) is 5.65. The van der Waals surface area contributed by atoms with Crippen molar-refractivity contribution in [1.82, 2.24) is 0 Å². The summed E-state index contributed by atoms with van der Waals surface area (Å²) in [5.74, 6) is 0. The maximum atomic E-state index is 11.1. The molecule has 2 heteroatoms. The molecule has 1 unspecified atom stereocenters. The van der Waals surface area contributed by atoms with Crippen LogP contribution in [0.1, 0.15) is 59.1 Å². The third-order valence-corrected chi connectivity index (χ3v) is 5.00. The molecule has 0 bridgehead atoms. The van der Waals surface area contributed by atoms with E-state index in [0.717, 1.165) is 4.48 Å². The first-order valence-electron chi connectivity index (χ1n) is 7.85. The molecule has 22 heavy (non-hydrogen) atoms. The van der Waals surface area contributed by atoms with Crippen LogP contribution in [0.5, 0.6) is 0 Å². The molecule has 0 heterocycles. The lowest BCUT2D eigenvalue weighted by Crippen LogP contribution is -2.42. The largest absolute Gasteiger partial charge is 0.385 e. The number of rotatable bonds is 1. The van der Waals surface area contributed by atoms with Gasteiger partial charge in [0, 0.05) is 10.9 Å². The van der Waals surface area contributed by atoms with Crippen molar-refractivity contribution in [3.8, 4) is 0 Å². The number of allylic oxidation sites excluding steroid dienone is 2. The summed E-state index contributed by atoms with van der Waals surface area (Å²) in [4.78, 5) is 0. The van der Waals surface area contributed by atoms with Crippen LogP contribution >= 0.6 is 15.9 Å². The number of aliphatic hydroxyl groups is 1. The fourth-order valence-corrected chi connectivity index (χ4v) is 3.34. The van der Waals surface area contributed by atoms with Crippen molar-refractivity contribution in [1.29, 1.82) is 0 Å². The van der Waals surface area contributed by atoms with Crippen molar-refractivity contribution in [2.45, 2.75) is 59.0 Å². The predicted octanol–water partition coefficient (Wildman–Crippen LogP) is 5.83. The van der Waals surface area contributed by atoms with Gasteiger partial charge in [-0.25, -0.2) is 0 Å². The molecule has 1 aliphatic carbocycles. The van der Waals surface area contributed by atoms with E-state index in [0.29, 0.717) is 6.42 Å². The van der Waals surface area contributed by atoms with E-state index in [2.05, 4.69) is 87.8 Å². The number of benzene rings is 1. The lowest BCUT2D eigenvalue weighted by molar-refractivity contribution is -0.00984. The van der Waals surface area contributed by atoms with E-state index in [-0.39, 0.29) is 10.8 Å². The average molecular weight is 363 g/mol. The van der Waals surface area contributed by atoms with Crippen molar-refractivity contribution in [3.63, 3.8) is 0 Å². The molecular formula is C20H27BrO. The van der Waals surface area contributed by atoms with E-state index >= 15 is 0 Å². The average Bonchev–Trinajstić information content (AvgIpc) is 2.35. The van der Waals surface area contributed by atoms with Gasteiger partial charge in [0.2, 0.25) is 0 Å². The van der Waals surface area contributed by atoms with Gasteiger partial charge in [0.25, 0.3) is 0 Å².